The lowest BCUT2D eigenvalue weighted by molar-refractivity contribution is -0.222. The van der Waals surface area contributed by atoms with E-state index < -0.39 is 39.0 Å². The number of aromatic amines is 1. The van der Waals surface area contributed by atoms with Crippen molar-refractivity contribution in [2.45, 2.75) is 24.5 Å². The minimum absolute atomic E-state index is 0.0229. The van der Waals surface area contributed by atoms with Crippen LogP contribution >= 0.6 is 20.0 Å². The van der Waals surface area contributed by atoms with Gasteiger partial charge in [-0.05, 0) is 0 Å². The summed E-state index contributed by atoms with van der Waals surface area (Å²) in [5.41, 5.74) is 6.21. The predicted molar refractivity (Wildman–Crippen MR) is 78.8 cm³/mol. The Morgan fingerprint density at radius 3 is 2.92 bits per heavy atom. The summed E-state index contributed by atoms with van der Waals surface area (Å²) in [6.07, 6.45) is -3.89. The fourth-order valence-electron chi connectivity index (χ4n) is 2.41. The third-order valence-electron chi connectivity index (χ3n) is 3.48. The second-order valence-electron chi connectivity index (χ2n) is 5.09. The van der Waals surface area contributed by atoms with Crippen LogP contribution in [0.1, 0.15) is 6.23 Å². The van der Waals surface area contributed by atoms with Crippen molar-refractivity contribution in [2.24, 2.45) is 0 Å². The molecule has 0 amide bonds. The standard InChI is InChI=1S/C10H14N5O7PS/c11-10-13-7-4(8(24)14-10)12-2-15(7)9-6(17)5(16)3(22-9)1-21-23(18,19)20/h2-3,5-6,9,16-17H,1H2,(H2,18,19,20)(H3,11,13,14,24)/p-1/t3-,5-,6-,9+/m1/s1. The quantitative estimate of drug-likeness (QED) is 0.297. The Balaban J connectivity index is 1.90. The molecule has 1 aliphatic rings. The molecule has 14 heteroatoms. The van der Waals surface area contributed by atoms with Crippen LogP contribution in [0.25, 0.3) is 11.2 Å². The van der Waals surface area contributed by atoms with Crippen molar-refractivity contribution in [3.63, 3.8) is 0 Å². The number of phosphoric acid groups is 1. The molecule has 0 aromatic carbocycles. The number of H-pyrrole nitrogens is 1. The van der Waals surface area contributed by atoms with E-state index in [-0.39, 0.29) is 10.6 Å². The Hall–Kier alpha value is -1.44. The van der Waals surface area contributed by atoms with Crippen LogP contribution in [0.15, 0.2) is 6.33 Å². The molecule has 0 spiro atoms. The normalized spacial score (nSPS) is 29.8. The molecule has 2 aromatic rings. The number of fused-ring (bicyclic) bond motifs is 1. The number of rotatable bonds is 4. The smallest absolute Gasteiger partial charge is 0.265 e. The second kappa shape index (κ2) is 6.13. The van der Waals surface area contributed by atoms with E-state index >= 15 is 0 Å². The maximum Gasteiger partial charge on any atom is 0.265 e. The third-order valence-corrected chi connectivity index (χ3v) is 4.24. The van der Waals surface area contributed by atoms with Gasteiger partial charge in [0, 0.05) is 0 Å². The molecule has 6 N–H and O–H groups in total. The van der Waals surface area contributed by atoms with Crippen LogP contribution in [0.5, 0.6) is 0 Å². The van der Waals surface area contributed by atoms with Gasteiger partial charge in [-0.1, -0.05) is 12.2 Å². The van der Waals surface area contributed by atoms with Crippen LogP contribution in [0, 0.1) is 4.64 Å². The van der Waals surface area contributed by atoms with Gasteiger partial charge in [0.05, 0.1) is 12.9 Å². The van der Waals surface area contributed by atoms with Gasteiger partial charge in [-0.25, -0.2) is 9.97 Å². The monoisotopic (exact) mass is 378 g/mol. The second-order valence-corrected chi connectivity index (χ2v) is 6.67. The number of aliphatic hydroxyl groups excluding tert-OH is 2. The number of imidazole rings is 1. The number of aliphatic hydroxyl groups is 2. The zero-order chi connectivity index (χ0) is 17.6. The Morgan fingerprint density at radius 2 is 2.25 bits per heavy atom. The van der Waals surface area contributed by atoms with Crippen molar-refractivity contribution >= 4 is 37.2 Å². The molecule has 2 aromatic heterocycles. The summed E-state index contributed by atoms with van der Waals surface area (Å²) in [7, 11) is -4.98. The minimum Gasteiger partial charge on any atom is -0.756 e. The molecular formula is C10H13N5O7PS-. The van der Waals surface area contributed by atoms with E-state index in [1.54, 1.807) is 0 Å². The molecule has 0 radical (unpaired) electrons. The topological polar surface area (TPSA) is 192 Å². The maximum atomic E-state index is 10.6. The van der Waals surface area contributed by atoms with E-state index in [0.717, 1.165) is 0 Å². The number of anilines is 1. The fourth-order valence-corrected chi connectivity index (χ4v) is 2.99. The Morgan fingerprint density at radius 1 is 1.54 bits per heavy atom. The molecule has 0 saturated carbocycles. The first-order chi connectivity index (χ1) is 11.2. The summed E-state index contributed by atoms with van der Waals surface area (Å²) in [4.78, 5) is 29.9. The lowest BCUT2D eigenvalue weighted by Crippen LogP contribution is -2.34. The highest BCUT2D eigenvalue weighted by atomic mass is 32.1. The molecule has 132 valence electrons. The average molecular weight is 378 g/mol. The van der Waals surface area contributed by atoms with Crippen molar-refractivity contribution in [1.29, 1.82) is 0 Å². The molecule has 0 aliphatic carbocycles. The summed E-state index contributed by atoms with van der Waals surface area (Å²) >= 11 is 5.03. The number of aromatic nitrogens is 4. The molecule has 12 nitrogen and oxygen atoms in total. The van der Waals surface area contributed by atoms with Gasteiger partial charge in [0.25, 0.3) is 7.82 Å². The number of ether oxygens (including phenoxy) is 1. The zero-order valence-corrected chi connectivity index (χ0v) is 13.6. The highest BCUT2D eigenvalue weighted by Crippen LogP contribution is 2.35. The molecule has 1 saturated heterocycles. The van der Waals surface area contributed by atoms with E-state index in [1.165, 1.54) is 10.9 Å². The molecule has 24 heavy (non-hydrogen) atoms. The number of hydrogen-bond donors (Lipinski definition) is 5. The number of hydrogen-bond acceptors (Lipinski definition) is 10. The first kappa shape index (κ1) is 17.4. The summed E-state index contributed by atoms with van der Waals surface area (Å²) in [6, 6.07) is 0. The number of nitrogens with zero attached hydrogens (tertiary/aromatic N) is 3. The number of nitrogen functional groups attached to an aromatic ring is 1. The van der Waals surface area contributed by atoms with E-state index in [0.29, 0.717) is 11.2 Å². The van der Waals surface area contributed by atoms with Crippen molar-refractivity contribution in [2.75, 3.05) is 12.3 Å². The van der Waals surface area contributed by atoms with Gasteiger partial charge in [0.1, 0.15) is 29.5 Å². The molecule has 3 rings (SSSR count). The summed E-state index contributed by atoms with van der Waals surface area (Å²) in [6.45, 7) is -0.668. The van der Waals surface area contributed by atoms with Gasteiger partial charge in [-0.2, -0.15) is 0 Å². The Bertz CT molecular complexity index is 865. The van der Waals surface area contributed by atoms with Crippen LogP contribution in [-0.4, -0.2) is 59.5 Å². The van der Waals surface area contributed by atoms with E-state index in [2.05, 4.69) is 19.5 Å². The summed E-state index contributed by atoms with van der Waals surface area (Å²) in [5.74, 6) is 0.0229. The zero-order valence-electron chi connectivity index (χ0n) is 11.8. The maximum absolute atomic E-state index is 10.6. The van der Waals surface area contributed by atoms with Gasteiger partial charge in [0.15, 0.2) is 16.8 Å². The van der Waals surface area contributed by atoms with Gasteiger partial charge < -0.3 is 40.0 Å². The Labute approximate surface area is 139 Å². The van der Waals surface area contributed by atoms with Gasteiger partial charge in [-0.3, -0.25) is 9.13 Å². The largest absolute Gasteiger partial charge is 0.756 e. The lowest BCUT2D eigenvalue weighted by atomic mass is 10.1. The Kier molecular flexibility index (Phi) is 4.44. The molecular weight excluding hydrogens is 365 g/mol. The van der Waals surface area contributed by atoms with E-state index in [1.807, 2.05) is 0 Å². The van der Waals surface area contributed by atoms with Crippen LogP contribution in [-0.2, 0) is 13.8 Å². The van der Waals surface area contributed by atoms with Gasteiger partial charge in [-0.15, -0.1) is 0 Å². The van der Waals surface area contributed by atoms with Gasteiger partial charge in [0.2, 0.25) is 0 Å². The van der Waals surface area contributed by atoms with Gasteiger partial charge >= 0.3 is 0 Å². The highest BCUT2D eigenvalue weighted by molar-refractivity contribution is 7.71. The number of nitrogens with one attached hydrogen (secondary N) is 1. The van der Waals surface area contributed by atoms with Crippen LogP contribution in [0.4, 0.5) is 5.95 Å². The van der Waals surface area contributed by atoms with Crippen molar-refractivity contribution in [3.05, 3.63) is 11.0 Å². The summed E-state index contributed by atoms with van der Waals surface area (Å²) in [5, 5.41) is 20.1. The van der Waals surface area contributed by atoms with Crippen LogP contribution in [0.2, 0.25) is 0 Å². The van der Waals surface area contributed by atoms with Crippen molar-refractivity contribution in [1.82, 2.24) is 19.5 Å². The first-order valence-electron chi connectivity index (χ1n) is 6.59. The van der Waals surface area contributed by atoms with Crippen LogP contribution in [0.3, 0.4) is 0 Å². The van der Waals surface area contributed by atoms with E-state index in [4.69, 9.17) is 27.6 Å². The van der Waals surface area contributed by atoms with Crippen molar-refractivity contribution < 1.29 is 33.8 Å². The molecule has 1 aliphatic heterocycles. The van der Waals surface area contributed by atoms with E-state index in [9.17, 15) is 19.7 Å². The molecule has 1 fully saturated rings. The third kappa shape index (κ3) is 3.20. The first-order valence-corrected chi connectivity index (χ1v) is 8.50. The van der Waals surface area contributed by atoms with Crippen LogP contribution < -0.4 is 10.6 Å². The molecule has 0 bridgehead atoms. The minimum atomic E-state index is -4.98. The SMILES string of the molecule is Nc1nc(=S)c2ncn([C@H]3O[C@H](COP(=O)([O-])O)[C@@H](O)[C@H]3O)c2[nH]1. The predicted octanol–water partition coefficient (Wildman–Crippen LogP) is -1.83. The lowest BCUT2D eigenvalue weighted by Gasteiger charge is -2.20. The average Bonchev–Trinajstić information content (AvgIpc) is 3.00. The fraction of sp³-hybridized carbons (Fsp3) is 0.500. The highest BCUT2D eigenvalue weighted by Gasteiger charge is 2.44. The van der Waals surface area contributed by atoms with Crippen molar-refractivity contribution in [3.8, 4) is 0 Å². The number of nitrogens with two attached hydrogens (primary N) is 1. The molecule has 3 heterocycles. The number of phosphoric ester groups is 1. The molecule has 1 unspecified atom stereocenters. The summed E-state index contributed by atoms with van der Waals surface area (Å²) < 4.78 is 21.8. The molecule has 5 atom stereocenters.